The van der Waals surface area contributed by atoms with Crippen molar-refractivity contribution in [2.45, 2.75) is 26.9 Å². The summed E-state index contributed by atoms with van der Waals surface area (Å²) in [6, 6.07) is 0. The molecule has 1 heterocycles. The third-order valence-corrected chi connectivity index (χ3v) is 1.48. The molecule has 1 rings (SSSR count). The SMILES string of the molecule is CCn1cc[n+](CC)c1.O=S(=O)(O)O.O=S(=O)(O)O. The minimum atomic E-state index is -4.67. The molecule has 12 heteroatoms. The molecule has 0 aliphatic carbocycles. The third-order valence-electron chi connectivity index (χ3n) is 1.48. The van der Waals surface area contributed by atoms with Crippen LogP contribution in [0.4, 0.5) is 0 Å². The first kappa shape index (κ1) is 20.3. The number of imidazole rings is 1. The van der Waals surface area contributed by atoms with E-state index in [1.165, 1.54) is 0 Å². The zero-order valence-corrected chi connectivity index (χ0v) is 11.9. The van der Waals surface area contributed by atoms with Gasteiger partial charge >= 0.3 is 20.8 Å². The van der Waals surface area contributed by atoms with E-state index in [0.717, 1.165) is 13.1 Å². The molecule has 19 heavy (non-hydrogen) atoms. The molecule has 0 aromatic carbocycles. The van der Waals surface area contributed by atoms with E-state index >= 15 is 0 Å². The molecule has 0 aliphatic rings. The van der Waals surface area contributed by atoms with Gasteiger partial charge in [0.05, 0.1) is 13.1 Å². The molecule has 114 valence electrons. The Labute approximate surface area is 111 Å². The van der Waals surface area contributed by atoms with Crippen LogP contribution in [0.2, 0.25) is 0 Å². The molecule has 0 atom stereocenters. The summed E-state index contributed by atoms with van der Waals surface area (Å²) in [6.45, 7) is 6.40. The lowest BCUT2D eigenvalue weighted by molar-refractivity contribution is -0.693. The molecule has 1 aromatic heterocycles. The van der Waals surface area contributed by atoms with Crippen LogP contribution in [0.5, 0.6) is 0 Å². The molecule has 0 saturated heterocycles. The maximum atomic E-state index is 8.74. The van der Waals surface area contributed by atoms with Gasteiger partial charge in [-0.1, -0.05) is 0 Å². The summed E-state index contributed by atoms with van der Waals surface area (Å²) in [6.07, 6.45) is 6.28. The number of rotatable bonds is 2. The molecule has 0 amide bonds. The molecular formula is C7H17N2O8S2+. The Morgan fingerprint density at radius 1 is 1.00 bits per heavy atom. The monoisotopic (exact) mass is 321 g/mol. The zero-order chi connectivity index (χ0) is 15.7. The zero-order valence-electron chi connectivity index (χ0n) is 10.3. The van der Waals surface area contributed by atoms with Gasteiger partial charge in [0.1, 0.15) is 12.4 Å². The number of aryl methyl sites for hydroxylation is 2. The van der Waals surface area contributed by atoms with Crippen molar-refractivity contribution in [2.24, 2.45) is 0 Å². The van der Waals surface area contributed by atoms with Gasteiger partial charge in [-0.2, -0.15) is 16.8 Å². The van der Waals surface area contributed by atoms with Crippen LogP contribution in [0.3, 0.4) is 0 Å². The summed E-state index contributed by atoms with van der Waals surface area (Å²) in [5.74, 6) is 0. The summed E-state index contributed by atoms with van der Waals surface area (Å²) in [7, 11) is -9.33. The van der Waals surface area contributed by atoms with E-state index in [9.17, 15) is 0 Å². The first-order chi connectivity index (χ1) is 8.36. The number of hydrogen-bond donors (Lipinski definition) is 4. The molecule has 1 aromatic rings. The Bertz CT molecular complexity index is 483. The summed E-state index contributed by atoms with van der Waals surface area (Å²) >= 11 is 0. The second-order valence-corrected chi connectivity index (χ2v) is 4.76. The van der Waals surface area contributed by atoms with E-state index in [1.54, 1.807) is 0 Å². The molecule has 0 fully saturated rings. The predicted octanol–water partition coefficient (Wildman–Crippen LogP) is -0.490. The lowest BCUT2D eigenvalue weighted by Gasteiger charge is -1.84. The average Bonchev–Trinajstić information content (AvgIpc) is 2.59. The fourth-order valence-corrected chi connectivity index (χ4v) is 0.813. The fraction of sp³-hybridized carbons (Fsp3) is 0.571. The highest BCUT2D eigenvalue weighted by Gasteiger charge is 1.95. The molecule has 0 aliphatic heterocycles. The summed E-state index contributed by atoms with van der Waals surface area (Å²) in [5.41, 5.74) is 0. The lowest BCUT2D eigenvalue weighted by atomic mass is 10.7. The van der Waals surface area contributed by atoms with Crippen LogP contribution in [0.15, 0.2) is 18.7 Å². The predicted molar refractivity (Wildman–Crippen MR) is 64.3 cm³/mol. The van der Waals surface area contributed by atoms with Crippen molar-refractivity contribution in [3.63, 3.8) is 0 Å². The van der Waals surface area contributed by atoms with Crippen LogP contribution in [0.1, 0.15) is 13.8 Å². The van der Waals surface area contributed by atoms with Gasteiger partial charge in [-0.25, -0.2) is 9.13 Å². The minimum absolute atomic E-state index is 1.06. The van der Waals surface area contributed by atoms with Crippen LogP contribution in [-0.2, 0) is 33.9 Å². The first-order valence-electron chi connectivity index (χ1n) is 4.81. The molecule has 0 radical (unpaired) electrons. The second-order valence-electron chi connectivity index (χ2n) is 2.97. The van der Waals surface area contributed by atoms with Crippen LogP contribution >= 0.6 is 0 Å². The largest absolute Gasteiger partial charge is 0.394 e. The molecule has 0 saturated carbocycles. The molecular weight excluding hydrogens is 304 g/mol. The lowest BCUT2D eigenvalue weighted by Crippen LogP contribution is -2.28. The van der Waals surface area contributed by atoms with E-state index in [1.807, 2.05) is 0 Å². The first-order valence-corrected chi connectivity index (χ1v) is 7.60. The van der Waals surface area contributed by atoms with E-state index < -0.39 is 20.8 Å². The van der Waals surface area contributed by atoms with Gasteiger partial charge in [0.15, 0.2) is 0 Å². The Morgan fingerprint density at radius 2 is 1.37 bits per heavy atom. The van der Waals surface area contributed by atoms with Gasteiger partial charge in [0.25, 0.3) is 0 Å². The van der Waals surface area contributed by atoms with Crippen molar-refractivity contribution >= 4 is 20.8 Å². The third kappa shape index (κ3) is 26.5. The van der Waals surface area contributed by atoms with Crippen LogP contribution in [0, 0.1) is 0 Å². The van der Waals surface area contributed by atoms with Crippen LogP contribution in [-0.4, -0.2) is 39.6 Å². The van der Waals surface area contributed by atoms with E-state index in [0.29, 0.717) is 0 Å². The highest BCUT2D eigenvalue weighted by Crippen LogP contribution is 1.81. The number of aromatic nitrogens is 2. The number of nitrogens with zero attached hydrogens (tertiary/aromatic N) is 2. The van der Waals surface area contributed by atoms with Gasteiger partial charge in [0.2, 0.25) is 6.33 Å². The molecule has 0 bridgehead atoms. The summed E-state index contributed by atoms with van der Waals surface area (Å²) in [4.78, 5) is 0. The van der Waals surface area contributed by atoms with Gasteiger partial charge < -0.3 is 0 Å². The smallest absolute Gasteiger partial charge is 0.264 e. The highest BCUT2D eigenvalue weighted by molar-refractivity contribution is 7.80. The standard InChI is InChI=1S/C7H13N2.2H2O4S/c1-3-8-5-6-9(4-2)7-8;2*1-5(2,3)4/h5-7H,3-4H2,1-2H3;2*(H2,1,2,3,4)/q+1;;. The molecule has 0 unspecified atom stereocenters. The van der Waals surface area contributed by atoms with Gasteiger partial charge in [-0.15, -0.1) is 0 Å². The van der Waals surface area contributed by atoms with Crippen molar-refractivity contribution in [1.82, 2.24) is 4.57 Å². The second kappa shape index (κ2) is 8.95. The van der Waals surface area contributed by atoms with Crippen molar-refractivity contribution in [2.75, 3.05) is 0 Å². The average molecular weight is 321 g/mol. The van der Waals surface area contributed by atoms with E-state index in [4.69, 9.17) is 35.0 Å². The van der Waals surface area contributed by atoms with Crippen molar-refractivity contribution in [1.29, 1.82) is 0 Å². The van der Waals surface area contributed by atoms with Crippen molar-refractivity contribution in [3.8, 4) is 0 Å². The normalized spacial score (nSPS) is 10.8. The number of hydrogen-bond acceptors (Lipinski definition) is 4. The minimum Gasteiger partial charge on any atom is -0.264 e. The van der Waals surface area contributed by atoms with Gasteiger partial charge in [-0.3, -0.25) is 18.2 Å². The Balaban J connectivity index is 0. The topological polar surface area (TPSA) is 158 Å². The molecule has 4 N–H and O–H groups in total. The molecule has 0 spiro atoms. The summed E-state index contributed by atoms with van der Waals surface area (Å²) < 4.78 is 67.5. The van der Waals surface area contributed by atoms with E-state index in [2.05, 4.69) is 41.7 Å². The van der Waals surface area contributed by atoms with E-state index in [-0.39, 0.29) is 0 Å². The van der Waals surface area contributed by atoms with Crippen LogP contribution < -0.4 is 4.57 Å². The Hall–Kier alpha value is -1.05. The quantitative estimate of drug-likeness (QED) is 0.419. The van der Waals surface area contributed by atoms with Gasteiger partial charge in [0, 0.05) is 0 Å². The fourth-order valence-electron chi connectivity index (χ4n) is 0.813. The Kier molecular flexibility index (Phi) is 9.55. The summed E-state index contributed by atoms with van der Waals surface area (Å²) in [5, 5.41) is 0. The highest BCUT2D eigenvalue weighted by atomic mass is 32.3. The maximum absolute atomic E-state index is 8.74. The van der Waals surface area contributed by atoms with Crippen LogP contribution in [0.25, 0.3) is 0 Å². The molecule has 10 nitrogen and oxygen atoms in total. The van der Waals surface area contributed by atoms with Gasteiger partial charge in [-0.05, 0) is 13.8 Å². The van der Waals surface area contributed by atoms with Crippen molar-refractivity contribution in [3.05, 3.63) is 18.7 Å². The van der Waals surface area contributed by atoms with Crippen molar-refractivity contribution < 1.29 is 39.6 Å². The Morgan fingerprint density at radius 3 is 1.53 bits per heavy atom. The maximum Gasteiger partial charge on any atom is 0.394 e.